The molecule has 0 spiro atoms. The first-order valence-corrected chi connectivity index (χ1v) is 7.26. The molecule has 1 amide bonds. The van der Waals surface area contributed by atoms with Crippen LogP contribution >= 0.6 is 0 Å². The minimum atomic E-state index is -0.870. The largest absolute Gasteiger partial charge is 0.409 e. The first kappa shape index (κ1) is 15.3. The molecule has 2 rings (SSSR count). The fraction of sp³-hybridized carbons (Fsp3) is 0.533. The molecule has 0 aromatic carbocycles. The number of nitrogens with one attached hydrogen (secondary N) is 1. The molecule has 0 unspecified atom stereocenters. The van der Waals surface area contributed by atoms with Crippen molar-refractivity contribution in [3.05, 3.63) is 29.6 Å². The highest BCUT2D eigenvalue weighted by molar-refractivity contribution is 6.06. The smallest absolute Gasteiger partial charge is 0.234 e. The molecule has 1 aromatic rings. The van der Waals surface area contributed by atoms with Crippen LogP contribution in [0.2, 0.25) is 0 Å². The number of carbonyl (C=O) groups excluding carboxylic acids is 1. The fourth-order valence-electron chi connectivity index (χ4n) is 2.81. The number of nitrogens with two attached hydrogens (primary N) is 1. The number of nitrogens with zero attached hydrogens (tertiary/aromatic N) is 2. The number of rotatable bonds is 4. The molecule has 1 aliphatic carbocycles. The van der Waals surface area contributed by atoms with Gasteiger partial charge in [0, 0.05) is 18.4 Å². The van der Waals surface area contributed by atoms with Crippen LogP contribution in [0.15, 0.2) is 23.5 Å². The van der Waals surface area contributed by atoms with Gasteiger partial charge in [-0.2, -0.15) is 0 Å². The molecule has 6 heteroatoms. The lowest BCUT2D eigenvalue weighted by atomic mass is 9.72. The summed E-state index contributed by atoms with van der Waals surface area (Å²) < 4.78 is 0. The Morgan fingerprint density at radius 2 is 2.14 bits per heavy atom. The van der Waals surface area contributed by atoms with E-state index in [4.69, 9.17) is 10.9 Å². The molecule has 1 heterocycles. The minimum Gasteiger partial charge on any atom is -0.409 e. The average molecular weight is 290 g/mol. The Kier molecular flexibility index (Phi) is 4.77. The van der Waals surface area contributed by atoms with Gasteiger partial charge in [-0.3, -0.25) is 9.78 Å². The van der Waals surface area contributed by atoms with Crippen molar-refractivity contribution in [2.24, 2.45) is 16.3 Å². The number of carbonyl (C=O) groups is 1. The zero-order chi connectivity index (χ0) is 15.3. The zero-order valence-electron chi connectivity index (χ0n) is 12.3. The summed E-state index contributed by atoms with van der Waals surface area (Å²) in [6.45, 7) is 2.31. The first-order chi connectivity index (χ1) is 10.1. The van der Waals surface area contributed by atoms with E-state index in [2.05, 4.69) is 15.5 Å². The Morgan fingerprint density at radius 3 is 2.71 bits per heavy atom. The van der Waals surface area contributed by atoms with E-state index in [1.807, 2.05) is 19.1 Å². The summed E-state index contributed by atoms with van der Waals surface area (Å²) in [7, 11) is 0. The van der Waals surface area contributed by atoms with E-state index in [0.717, 1.165) is 30.5 Å². The van der Waals surface area contributed by atoms with Gasteiger partial charge >= 0.3 is 0 Å². The van der Waals surface area contributed by atoms with Crippen molar-refractivity contribution in [3.63, 3.8) is 0 Å². The van der Waals surface area contributed by atoms with Crippen molar-refractivity contribution >= 4 is 11.7 Å². The highest BCUT2D eigenvalue weighted by Gasteiger charge is 2.43. The second-order valence-electron chi connectivity index (χ2n) is 5.62. The number of amides is 1. The molecular weight excluding hydrogens is 268 g/mol. The van der Waals surface area contributed by atoms with Gasteiger partial charge in [-0.25, -0.2) is 0 Å². The summed E-state index contributed by atoms with van der Waals surface area (Å²) in [5.41, 5.74) is 6.79. The molecule has 21 heavy (non-hydrogen) atoms. The lowest BCUT2D eigenvalue weighted by molar-refractivity contribution is -0.129. The molecule has 1 aromatic heterocycles. The number of aryl methyl sites for hydroxylation is 1. The van der Waals surface area contributed by atoms with Crippen LogP contribution in [0.5, 0.6) is 0 Å². The van der Waals surface area contributed by atoms with Crippen LogP contribution in [0, 0.1) is 12.3 Å². The predicted octanol–water partition coefficient (Wildman–Crippen LogP) is 1.70. The molecule has 4 N–H and O–H groups in total. The topological polar surface area (TPSA) is 101 Å². The number of pyridine rings is 1. The van der Waals surface area contributed by atoms with Gasteiger partial charge < -0.3 is 16.3 Å². The summed E-state index contributed by atoms with van der Waals surface area (Å²) in [5, 5.41) is 15.0. The van der Waals surface area contributed by atoms with Gasteiger partial charge in [-0.15, -0.1) is 0 Å². The van der Waals surface area contributed by atoms with Gasteiger partial charge in [-0.1, -0.05) is 30.5 Å². The van der Waals surface area contributed by atoms with E-state index < -0.39 is 5.41 Å². The third-order valence-corrected chi connectivity index (χ3v) is 4.17. The Balaban J connectivity index is 2.07. The third kappa shape index (κ3) is 3.32. The predicted molar refractivity (Wildman–Crippen MR) is 79.7 cm³/mol. The molecule has 0 saturated heterocycles. The van der Waals surface area contributed by atoms with Crippen molar-refractivity contribution < 1.29 is 10.0 Å². The normalized spacial score (nSPS) is 18.2. The first-order valence-electron chi connectivity index (χ1n) is 7.26. The van der Waals surface area contributed by atoms with E-state index in [0.29, 0.717) is 19.4 Å². The zero-order valence-corrected chi connectivity index (χ0v) is 12.3. The van der Waals surface area contributed by atoms with E-state index in [1.165, 1.54) is 0 Å². The molecule has 1 aliphatic rings. The van der Waals surface area contributed by atoms with E-state index in [1.54, 1.807) is 6.20 Å². The van der Waals surface area contributed by atoms with Crippen LogP contribution in [-0.4, -0.2) is 21.9 Å². The van der Waals surface area contributed by atoms with Gasteiger partial charge in [0.2, 0.25) is 5.91 Å². The van der Waals surface area contributed by atoms with E-state index in [-0.39, 0.29) is 11.7 Å². The maximum atomic E-state index is 12.6. The van der Waals surface area contributed by atoms with Crippen LogP contribution in [0.4, 0.5) is 0 Å². The molecule has 0 bridgehead atoms. The number of oxime groups is 1. The molecular formula is C15H22N4O2. The third-order valence-electron chi connectivity index (χ3n) is 4.17. The number of aromatic nitrogens is 1. The van der Waals surface area contributed by atoms with Gasteiger partial charge in [0.05, 0.1) is 0 Å². The van der Waals surface area contributed by atoms with Gasteiger partial charge in [0.1, 0.15) is 5.41 Å². The Labute approximate surface area is 124 Å². The molecule has 0 radical (unpaired) electrons. The molecule has 1 fully saturated rings. The highest BCUT2D eigenvalue weighted by Crippen LogP contribution is 2.36. The quantitative estimate of drug-likeness (QED) is 0.340. The fourth-order valence-corrected chi connectivity index (χ4v) is 2.81. The lowest BCUT2D eigenvalue weighted by Crippen LogP contribution is -2.50. The maximum absolute atomic E-state index is 12.6. The van der Waals surface area contributed by atoms with Crippen molar-refractivity contribution in [3.8, 4) is 0 Å². The van der Waals surface area contributed by atoms with Gasteiger partial charge in [0.15, 0.2) is 5.84 Å². The van der Waals surface area contributed by atoms with E-state index >= 15 is 0 Å². The van der Waals surface area contributed by atoms with Crippen LogP contribution in [-0.2, 0) is 11.3 Å². The second-order valence-corrected chi connectivity index (χ2v) is 5.62. The summed E-state index contributed by atoms with van der Waals surface area (Å²) in [6, 6.07) is 3.83. The SMILES string of the molecule is Cc1ccc(CNC(=O)C2(C(N)=NO)CCCCC2)cn1. The Bertz CT molecular complexity index is 519. The summed E-state index contributed by atoms with van der Waals surface area (Å²) in [4.78, 5) is 16.8. The van der Waals surface area contributed by atoms with Crippen LogP contribution in [0.25, 0.3) is 0 Å². The van der Waals surface area contributed by atoms with E-state index in [9.17, 15) is 4.79 Å². The number of hydrogen-bond donors (Lipinski definition) is 3. The minimum absolute atomic E-state index is 0.0155. The van der Waals surface area contributed by atoms with Crippen molar-refractivity contribution in [1.29, 1.82) is 0 Å². The van der Waals surface area contributed by atoms with Crippen molar-refractivity contribution in [1.82, 2.24) is 10.3 Å². The van der Waals surface area contributed by atoms with Crippen molar-refractivity contribution in [2.45, 2.75) is 45.6 Å². The van der Waals surface area contributed by atoms with Crippen molar-refractivity contribution in [2.75, 3.05) is 0 Å². The molecule has 0 atom stereocenters. The molecule has 6 nitrogen and oxygen atoms in total. The summed E-state index contributed by atoms with van der Waals surface area (Å²) in [5.74, 6) is -0.153. The molecule has 114 valence electrons. The van der Waals surface area contributed by atoms with Crippen LogP contribution in [0.1, 0.15) is 43.4 Å². The number of amidine groups is 1. The van der Waals surface area contributed by atoms with Gasteiger partial charge in [0.25, 0.3) is 0 Å². The van der Waals surface area contributed by atoms with Crippen LogP contribution < -0.4 is 11.1 Å². The monoisotopic (exact) mass is 290 g/mol. The molecule has 1 saturated carbocycles. The maximum Gasteiger partial charge on any atom is 0.234 e. The Morgan fingerprint density at radius 1 is 1.43 bits per heavy atom. The summed E-state index contributed by atoms with van der Waals surface area (Å²) >= 11 is 0. The highest BCUT2D eigenvalue weighted by atomic mass is 16.4. The van der Waals surface area contributed by atoms with Crippen LogP contribution in [0.3, 0.4) is 0 Å². The summed E-state index contributed by atoms with van der Waals surface area (Å²) in [6.07, 6.45) is 5.90. The second kappa shape index (κ2) is 6.56. The average Bonchev–Trinajstić information content (AvgIpc) is 2.53. The van der Waals surface area contributed by atoms with Gasteiger partial charge in [-0.05, 0) is 31.4 Å². The molecule has 0 aliphatic heterocycles. The number of hydrogen-bond acceptors (Lipinski definition) is 4. The Hall–Kier alpha value is -2.11. The lowest BCUT2D eigenvalue weighted by Gasteiger charge is -2.34. The standard InChI is InChI=1S/C15H22N4O2/c1-11-5-6-12(9-17-11)10-18-14(20)15(13(16)19-21)7-3-2-4-8-15/h5-6,9,21H,2-4,7-8,10H2,1H3,(H2,16,19)(H,18,20).